The Morgan fingerprint density at radius 3 is 1.15 bits per heavy atom. The number of aryl methyl sites for hydroxylation is 2. The standard InChI is InChI=1S/2C17H26O.C13H24O.C12H18ClNO2.C12H21F3O.C11H14ClFO.C11H20F2O.C11H14F2O.C11H22O/c1-16(2,3)12-18-15-7-6-14-11-17(4,5)9-8-13(14)10-15;1-16(2,3)12-18-15-7-6-13-8-9-17(4,5)11-14(13)10-15;1-12(2,3)14-10-11-4-6-13(7-5-11)8-9-13;1-8(2)15-11-10(13)6-9(7-14-11)16-12(3,4)5;1-11(2,3)8-16-10-6-4-9(5-7-10)12(13,14)15;1-11(2,3)7-14-8-4-5-10(13)9(12)6-8;1-10(2,3)8-14-9-4-6-11(12,13)7-5-9;1-11(2,3)7-14-8-4-5-9(12)10(13)6-8;1-11(2,3)12-9-10-7-5-4-6-8-10/h2*6-7,10H,8-9,11-12H2,1-5H3;11H,4-10H2,1-3H3;6-8H,1-5H3;9-10H,4-8H2,1-3H3;4-6H,7H2,1-3H3;9H,4-8H2,1-3H3;4-6H,7H2,1-3H3;10H,4-9H2,1-3H3. The number of alkyl halides is 5. The number of hydrogen-bond donors (Lipinski definition) is 0. The number of aromatic nitrogens is 1. The number of fused-ring (bicyclic) bond motifs is 2. The van der Waals surface area contributed by atoms with Gasteiger partial charge in [-0.15, -0.1) is 0 Å². The van der Waals surface area contributed by atoms with Crippen molar-refractivity contribution in [1.82, 2.24) is 4.98 Å². The summed E-state index contributed by atoms with van der Waals surface area (Å²) in [6.07, 6.45) is 23.4. The molecule has 1 aromatic heterocycles. The fourth-order valence-electron chi connectivity index (χ4n) is 15.5. The summed E-state index contributed by atoms with van der Waals surface area (Å²) < 4.78 is 157. The molecule has 1 heterocycles. The molecule has 7 aliphatic carbocycles. The second-order valence-corrected chi connectivity index (χ2v) is 52.4. The van der Waals surface area contributed by atoms with Crippen LogP contribution in [0.1, 0.15) is 386 Å². The van der Waals surface area contributed by atoms with Crippen LogP contribution in [-0.4, -0.2) is 105 Å². The number of pyridine rings is 1. The molecule has 1 spiro atoms. The topological polar surface area (TPSA) is 105 Å². The fourth-order valence-corrected chi connectivity index (χ4v) is 15.9. The molecule has 12 rings (SSSR count). The summed E-state index contributed by atoms with van der Waals surface area (Å²) in [5.41, 5.74) is 8.30. The molecule has 21 heteroatoms. The van der Waals surface area contributed by atoms with Gasteiger partial charge in [-0.05, 0) is 336 Å². The lowest BCUT2D eigenvalue weighted by Crippen LogP contribution is -2.32. The number of benzene rings is 4. The molecule has 136 heavy (non-hydrogen) atoms. The molecule has 11 nitrogen and oxygen atoms in total. The van der Waals surface area contributed by atoms with Gasteiger partial charge in [0, 0.05) is 31.0 Å². The second kappa shape index (κ2) is 53.9. The first-order chi connectivity index (χ1) is 62.1. The average Bonchev–Trinajstić information content (AvgIpc) is 1.66. The quantitative estimate of drug-likeness (QED) is 0.0738. The van der Waals surface area contributed by atoms with Crippen LogP contribution in [0.5, 0.6) is 34.6 Å². The SMILES string of the molecule is CC(C)(C)COC1CCC(C(F)(F)F)CC1.CC(C)(C)COC1CCC(F)(F)CC1.CC(C)(C)COc1ccc(F)c(Cl)c1.CC(C)(C)COc1ccc(F)c(F)c1.CC(C)(C)COc1ccc2c(c1)CC(C)(C)CC2.CC(C)(C)COc1ccc2c(c1)CCC(C)(C)C2.CC(C)(C)OCC1CCC2(CC1)CC2.CC(C)(C)OCC1CCCCC1.CC(C)Oc1ncc(OC(C)(C)C)cc1Cl. The smallest absolute Gasteiger partial charge is 0.391 e. The van der Waals surface area contributed by atoms with Gasteiger partial charge in [0.2, 0.25) is 11.8 Å². The molecule has 7 aliphatic rings. The van der Waals surface area contributed by atoms with E-state index in [1.807, 2.05) is 55.4 Å². The first-order valence-corrected chi connectivity index (χ1v) is 51.5. The zero-order valence-electron chi connectivity index (χ0n) is 90.7. The summed E-state index contributed by atoms with van der Waals surface area (Å²) in [7, 11) is 0. The Balaban J connectivity index is 0.000000320. The first-order valence-electron chi connectivity index (χ1n) is 50.7. The average molecular weight is 1960 g/mol. The van der Waals surface area contributed by atoms with Crippen LogP contribution in [0.15, 0.2) is 85.1 Å². The predicted molar refractivity (Wildman–Crippen MR) is 549 cm³/mol. The summed E-state index contributed by atoms with van der Waals surface area (Å²) in [6, 6.07) is 22.9. The van der Waals surface area contributed by atoms with Crippen LogP contribution >= 0.6 is 23.2 Å². The Bertz CT molecular complexity index is 4120. The number of hydrogen-bond acceptors (Lipinski definition) is 11. The molecule has 0 atom stereocenters. The maximum Gasteiger partial charge on any atom is 0.391 e. The van der Waals surface area contributed by atoms with E-state index in [9.17, 15) is 35.1 Å². The van der Waals surface area contributed by atoms with Crippen LogP contribution < -0.4 is 28.4 Å². The summed E-state index contributed by atoms with van der Waals surface area (Å²) in [5.74, 6) is 0.0999. The van der Waals surface area contributed by atoms with Crippen molar-refractivity contribution in [3.63, 3.8) is 0 Å². The Morgan fingerprint density at radius 2 is 0.757 bits per heavy atom. The highest BCUT2D eigenvalue weighted by molar-refractivity contribution is 6.32. The second-order valence-electron chi connectivity index (χ2n) is 51.5. The van der Waals surface area contributed by atoms with E-state index in [2.05, 4.69) is 214 Å². The normalized spacial score (nSPS) is 19.4. The van der Waals surface area contributed by atoms with Crippen LogP contribution in [0, 0.1) is 83.9 Å². The molecule has 0 N–H and O–H groups in total. The lowest BCUT2D eigenvalue weighted by atomic mass is 9.74. The molecule has 5 fully saturated rings. The molecule has 0 radical (unpaired) electrons. The third-order valence-corrected chi connectivity index (χ3v) is 24.1. The van der Waals surface area contributed by atoms with Gasteiger partial charge in [0.05, 0.1) is 99.5 Å². The molecule has 0 unspecified atom stereocenters. The lowest BCUT2D eigenvalue weighted by molar-refractivity contribution is -0.188. The van der Waals surface area contributed by atoms with Crippen molar-refractivity contribution in [1.29, 1.82) is 0 Å². The van der Waals surface area contributed by atoms with Crippen LogP contribution in [-0.2, 0) is 44.6 Å². The number of ether oxygens (including phenoxy) is 10. The Labute approximate surface area is 830 Å². The summed E-state index contributed by atoms with van der Waals surface area (Å²) in [4.78, 5) is 4.12. The molecular formula is C115H185Cl2F8NO10. The highest BCUT2D eigenvalue weighted by Gasteiger charge is 2.45. The molecule has 0 bridgehead atoms. The van der Waals surface area contributed by atoms with E-state index in [0.29, 0.717) is 91.1 Å². The fraction of sp³-hybridized carbons (Fsp3) is 0.748. The number of rotatable bonds is 19. The summed E-state index contributed by atoms with van der Waals surface area (Å²) in [6.45, 7) is 75.8. The van der Waals surface area contributed by atoms with E-state index >= 15 is 0 Å². The van der Waals surface area contributed by atoms with E-state index < -0.39 is 35.5 Å². The van der Waals surface area contributed by atoms with Crippen molar-refractivity contribution in [2.45, 2.75) is 436 Å². The van der Waals surface area contributed by atoms with Gasteiger partial charge in [0.15, 0.2) is 11.6 Å². The van der Waals surface area contributed by atoms with Crippen molar-refractivity contribution in [2.75, 3.05) is 52.9 Å². The molecule has 780 valence electrons. The van der Waals surface area contributed by atoms with E-state index in [-0.39, 0.29) is 98.3 Å². The van der Waals surface area contributed by atoms with Crippen molar-refractivity contribution in [3.05, 3.63) is 135 Å². The maximum absolute atomic E-state index is 12.8. The van der Waals surface area contributed by atoms with Crippen LogP contribution in [0.2, 0.25) is 10.0 Å². The van der Waals surface area contributed by atoms with Crippen LogP contribution in [0.3, 0.4) is 0 Å². The molecular weight excluding hydrogens is 1780 g/mol. The molecule has 0 saturated heterocycles. The van der Waals surface area contributed by atoms with Crippen molar-refractivity contribution >= 4 is 23.2 Å². The monoisotopic (exact) mass is 1960 g/mol. The Hall–Kier alpha value is -5.31. The summed E-state index contributed by atoms with van der Waals surface area (Å²) in [5, 5.41) is 0.562. The van der Waals surface area contributed by atoms with E-state index in [0.717, 1.165) is 67.3 Å². The minimum atomic E-state index is -4.02. The highest BCUT2D eigenvalue weighted by Crippen LogP contribution is 2.57. The van der Waals surface area contributed by atoms with Gasteiger partial charge in [-0.3, -0.25) is 0 Å². The zero-order valence-corrected chi connectivity index (χ0v) is 92.2. The molecule has 5 aromatic rings. The van der Waals surface area contributed by atoms with E-state index in [1.165, 1.54) is 150 Å². The minimum absolute atomic E-state index is 0.00482. The molecule has 0 aliphatic heterocycles. The van der Waals surface area contributed by atoms with Crippen LogP contribution in [0.25, 0.3) is 0 Å². The van der Waals surface area contributed by atoms with Crippen molar-refractivity contribution < 1.29 is 82.5 Å². The molecule has 5 saturated carbocycles. The van der Waals surface area contributed by atoms with E-state index in [1.54, 1.807) is 18.3 Å². The van der Waals surface area contributed by atoms with Gasteiger partial charge in [-0.2, -0.15) is 13.2 Å². The highest BCUT2D eigenvalue weighted by atomic mass is 35.5. The molecule has 0 amide bonds. The van der Waals surface area contributed by atoms with Gasteiger partial charge < -0.3 is 47.4 Å². The van der Waals surface area contributed by atoms with Gasteiger partial charge >= 0.3 is 6.18 Å². The van der Waals surface area contributed by atoms with Crippen molar-refractivity contribution in [3.8, 4) is 34.6 Å². The lowest BCUT2D eigenvalue weighted by Gasteiger charge is -2.31. The van der Waals surface area contributed by atoms with Crippen molar-refractivity contribution in [2.24, 2.45) is 66.5 Å². The van der Waals surface area contributed by atoms with Gasteiger partial charge in [-0.25, -0.2) is 26.9 Å². The largest absolute Gasteiger partial charge is 0.493 e. The predicted octanol–water partition coefficient (Wildman–Crippen LogP) is 35.2. The number of halogens is 10. The van der Waals surface area contributed by atoms with E-state index in [4.69, 9.17) is 70.6 Å². The zero-order chi connectivity index (χ0) is 103. The minimum Gasteiger partial charge on any atom is -0.493 e. The Kier molecular flexibility index (Phi) is 48.7. The third-order valence-electron chi connectivity index (χ3n) is 23.5. The Morgan fingerprint density at radius 1 is 0.375 bits per heavy atom. The maximum atomic E-state index is 12.8. The van der Waals surface area contributed by atoms with Gasteiger partial charge in [0.1, 0.15) is 45.2 Å². The van der Waals surface area contributed by atoms with Crippen LogP contribution in [0.4, 0.5) is 35.1 Å². The number of nitrogens with zero attached hydrogens (tertiary/aromatic N) is 1. The summed E-state index contributed by atoms with van der Waals surface area (Å²) >= 11 is 11.6. The van der Waals surface area contributed by atoms with Gasteiger partial charge in [0.25, 0.3) is 0 Å². The third kappa shape index (κ3) is 57.1. The molecule has 4 aromatic carbocycles. The van der Waals surface area contributed by atoms with Gasteiger partial charge in [-0.1, -0.05) is 207 Å². The first kappa shape index (κ1) is 123.